The highest BCUT2D eigenvalue weighted by molar-refractivity contribution is 6.09. The molecule has 2 heterocycles. The number of aromatic amines is 1. The third-order valence-electron chi connectivity index (χ3n) is 6.58. The fourth-order valence-electron chi connectivity index (χ4n) is 4.81. The first-order valence-electron chi connectivity index (χ1n) is 12.2. The summed E-state index contributed by atoms with van der Waals surface area (Å²) in [5.74, 6) is -0.209. The second-order valence-corrected chi connectivity index (χ2v) is 9.65. The Morgan fingerprint density at radius 1 is 1.23 bits per heavy atom. The quantitative estimate of drug-likeness (QED) is 0.559. The number of carbonyl (C=O) groups excluding carboxylic acids is 1. The van der Waals surface area contributed by atoms with Gasteiger partial charge >= 0.3 is 0 Å². The maximum atomic E-state index is 13.4. The molecule has 0 atom stereocenters. The van der Waals surface area contributed by atoms with E-state index in [0.29, 0.717) is 23.4 Å². The predicted molar refractivity (Wildman–Crippen MR) is 136 cm³/mol. The largest absolute Gasteiger partial charge is 0.508 e. The number of nitrogens with zero attached hydrogens (tertiary/aromatic N) is 3. The molecule has 2 aliphatic rings. The van der Waals surface area contributed by atoms with Crippen molar-refractivity contribution in [3.8, 4) is 11.8 Å². The van der Waals surface area contributed by atoms with Gasteiger partial charge in [0.25, 0.3) is 17.5 Å². The van der Waals surface area contributed by atoms with Gasteiger partial charge in [0, 0.05) is 12.0 Å². The Bertz CT molecular complexity index is 1310. The van der Waals surface area contributed by atoms with Crippen molar-refractivity contribution in [2.24, 2.45) is 5.41 Å². The minimum Gasteiger partial charge on any atom is -0.508 e. The van der Waals surface area contributed by atoms with Crippen LogP contribution in [0.4, 0.5) is 0 Å². The molecule has 0 radical (unpaired) electrons. The number of nitrogens with one attached hydrogen (secondary N) is 1. The van der Waals surface area contributed by atoms with Crippen molar-refractivity contribution in [3.63, 3.8) is 0 Å². The predicted octanol–water partition coefficient (Wildman–Crippen LogP) is 3.84. The number of phenolic OH excluding ortho intramolecular Hbond substituents is 1. The van der Waals surface area contributed by atoms with Crippen molar-refractivity contribution < 1.29 is 14.6 Å². The fraction of sp³-hybridized carbons (Fsp3) is 0.444. The molecule has 3 aromatic rings. The minimum atomic E-state index is -0.278. The summed E-state index contributed by atoms with van der Waals surface area (Å²) in [4.78, 5) is 37.1. The summed E-state index contributed by atoms with van der Waals surface area (Å²) < 4.78 is 5.88. The summed E-state index contributed by atoms with van der Waals surface area (Å²) in [7, 11) is 4.08. The van der Waals surface area contributed by atoms with Crippen LogP contribution in [0.25, 0.3) is 10.8 Å². The number of aromatic nitrogens is 2. The summed E-state index contributed by atoms with van der Waals surface area (Å²) in [6.07, 6.45) is 2.19. The zero-order valence-electron chi connectivity index (χ0n) is 21.1. The molecule has 8 heteroatoms. The number of amides is 1. The molecule has 2 N–H and O–H groups in total. The first-order chi connectivity index (χ1) is 16.7. The number of fused-ring (bicyclic) bond motifs is 2. The van der Waals surface area contributed by atoms with Crippen molar-refractivity contribution >= 4 is 16.7 Å². The number of hydrogen-bond acceptors (Lipinski definition) is 6. The van der Waals surface area contributed by atoms with Crippen LogP contribution in [0.3, 0.4) is 0 Å². The molecule has 1 saturated carbocycles. The van der Waals surface area contributed by atoms with E-state index in [1.54, 1.807) is 11.0 Å². The second-order valence-electron chi connectivity index (χ2n) is 9.65. The summed E-state index contributed by atoms with van der Waals surface area (Å²) >= 11 is 0. The molecule has 186 valence electrons. The molecule has 1 amide bonds. The third kappa shape index (κ3) is 5.03. The molecule has 1 aliphatic heterocycles. The van der Waals surface area contributed by atoms with E-state index >= 15 is 0 Å². The molecular weight excluding hydrogens is 444 g/mol. The number of hydrogen-bond donors (Lipinski definition) is 2. The first kappa shape index (κ1) is 24.7. The van der Waals surface area contributed by atoms with Crippen LogP contribution in [-0.4, -0.2) is 58.0 Å². The lowest BCUT2D eigenvalue weighted by Gasteiger charge is -2.20. The number of H-pyrrole nitrogens is 1. The van der Waals surface area contributed by atoms with Gasteiger partial charge in [-0.05, 0) is 62.3 Å². The van der Waals surface area contributed by atoms with Crippen LogP contribution >= 0.6 is 0 Å². The zero-order valence-corrected chi connectivity index (χ0v) is 21.1. The van der Waals surface area contributed by atoms with Crippen LogP contribution in [0.15, 0.2) is 35.1 Å². The highest BCUT2D eigenvalue weighted by Gasteiger charge is 2.44. The van der Waals surface area contributed by atoms with Crippen LogP contribution in [-0.2, 0) is 13.1 Å². The van der Waals surface area contributed by atoms with Gasteiger partial charge in [0.15, 0.2) is 0 Å². The lowest BCUT2D eigenvalue weighted by Crippen LogP contribution is -2.28. The highest BCUT2D eigenvalue weighted by Crippen LogP contribution is 2.46. The van der Waals surface area contributed by atoms with E-state index in [0.717, 1.165) is 35.7 Å². The van der Waals surface area contributed by atoms with Crippen LogP contribution in [0, 0.1) is 12.3 Å². The van der Waals surface area contributed by atoms with Gasteiger partial charge in [-0.25, -0.2) is 0 Å². The van der Waals surface area contributed by atoms with Crippen molar-refractivity contribution in [3.05, 3.63) is 63.1 Å². The van der Waals surface area contributed by atoms with E-state index in [9.17, 15) is 14.7 Å². The average Bonchev–Trinajstić information content (AvgIpc) is 3.43. The van der Waals surface area contributed by atoms with Gasteiger partial charge in [0.05, 0.1) is 36.5 Å². The topological polar surface area (TPSA) is 98.8 Å². The fourth-order valence-corrected chi connectivity index (χ4v) is 4.81. The van der Waals surface area contributed by atoms with E-state index in [1.165, 1.54) is 6.07 Å². The number of benzene rings is 2. The standard InChI is InChI=1S/C25H28N4O4.C2H6/c1-15-5-4-6-16-9-17(30)10-18(21(15)16)23(32)29-11-19-20(12-29)26-24(27-22(19)31)33-14-25(7-8-25)13-28(2)3;1-2/h4-6,9-10,30H,7-8,11-14H2,1-3H3,(H,26,27,31);1-2H3. The van der Waals surface area contributed by atoms with Gasteiger partial charge in [-0.15, -0.1) is 0 Å². The van der Waals surface area contributed by atoms with Gasteiger partial charge in [-0.3, -0.25) is 14.6 Å². The number of carbonyl (C=O) groups is 1. The molecule has 5 rings (SSSR count). The molecule has 8 nitrogen and oxygen atoms in total. The monoisotopic (exact) mass is 478 g/mol. The lowest BCUT2D eigenvalue weighted by atomic mass is 9.98. The Labute approximate surface area is 205 Å². The number of ether oxygens (including phenoxy) is 1. The van der Waals surface area contributed by atoms with Crippen LogP contribution in [0.5, 0.6) is 11.8 Å². The molecule has 0 bridgehead atoms. The number of aromatic hydroxyl groups is 1. The Morgan fingerprint density at radius 2 is 1.97 bits per heavy atom. The van der Waals surface area contributed by atoms with Crippen molar-refractivity contribution in [2.45, 2.75) is 46.7 Å². The Kier molecular flexibility index (Phi) is 6.85. The van der Waals surface area contributed by atoms with E-state index < -0.39 is 0 Å². The Hall–Kier alpha value is -3.39. The van der Waals surface area contributed by atoms with Crippen LogP contribution < -0.4 is 10.3 Å². The van der Waals surface area contributed by atoms with E-state index in [4.69, 9.17) is 4.74 Å². The lowest BCUT2D eigenvalue weighted by molar-refractivity contribution is 0.0751. The molecule has 0 spiro atoms. The summed E-state index contributed by atoms with van der Waals surface area (Å²) in [6, 6.07) is 9.05. The first-order valence-corrected chi connectivity index (χ1v) is 12.2. The van der Waals surface area contributed by atoms with Gasteiger partial charge in [-0.1, -0.05) is 32.0 Å². The normalized spacial score (nSPS) is 15.5. The summed E-state index contributed by atoms with van der Waals surface area (Å²) in [5, 5.41) is 11.8. The SMILES string of the molecule is CC.Cc1cccc2cc(O)cc(C(=O)N3Cc4nc(OCC5(CN(C)C)CC5)[nH]c(=O)c4C3)c12. The third-order valence-corrected chi connectivity index (χ3v) is 6.58. The van der Waals surface area contributed by atoms with Crippen molar-refractivity contribution in [1.82, 2.24) is 19.8 Å². The van der Waals surface area contributed by atoms with E-state index in [1.807, 2.05) is 53.1 Å². The molecule has 1 aromatic heterocycles. The maximum Gasteiger partial charge on any atom is 0.296 e. The second kappa shape index (κ2) is 9.70. The number of rotatable bonds is 6. The molecule has 0 unspecified atom stereocenters. The highest BCUT2D eigenvalue weighted by atomic mass is 16.5. The molecule has 1 fully saturated rings. The van der Waals surface area contributed by atoms with E-state index in [2.05, 4.69) is 14.9 Å². The summed E-state index contributed by atoms with van der Waals surface area (Å²) in [5.41, 5.74) is 2.25. The Morgan fingerprint density at radius 3 is 2.66 bits per heavy atom. The number of aryl methyl sites for hydroxylation is 1. The van der Waals surface area contributed by atoms with Crippen molar-refractivity contribution in [2.75, 3.05) is 27.2 Å². The van der Waals surface area contributed by atoms with Gasteiger partial charge in [0.2, 0.25) is 0 Å². The molecular formula is C27H34N4O4. The average molecular weight is 479 g/mol. The minimum absolute atomic E-state index is 0.0338. The molecule has 1 aliphatic carbocycles. The molecule has 35 heavy (non-hydrogen) atoms. The molecule has 0 saturated heterocycles. The van der Waals surface area contributed by atoms with E-state index in [-0.39, 0.29) is 41.7 Å². The zero-order chi connectivity index (χ0) is 25.3. The van der Waals surface area contributed by atoms with Gasteiger partial charge in [-0.2, -0.15) is 4.98 Å². The summed E-state index contributed by atoms with van der Waals surface area (Å²) in [6.45, 7) is 7.77. The Balaban J connectivity index is 0.00000141. The van der Waals surface area contributed by atoms with Gasteiger partial charge in [0.1, 0.15) is 5.75 Å². The maximum absolute atomic E-state index is 13.4. The van der Waals surface area contributed by atoms with Gasteiger partial charge < -0.3 is 19.6 Å². The van der Waals surface area contributed by atoms with Crippen molar-refractivity contribution in [1.29, 1.82) is 0 Å². The number of phenols is 1. The van der Waals surface area contributed by atoms with Crippen LogP contribution in [0.1, 0.15) is 53.9 Å². The smallest absolute Gasteiger partial charge is 0.296 e. The van der Waals surface area contributed by atoms with Crippen LogP contribution in [0.2, 0.25) is 0 Å². The molecule has 2 aromatic carbocycles.